The van der Waals surface area contributed by atoms with E-state index < -0.39 is 0 Å². The summed E-state index contributed by atoms with van der Waals surface area (Å²) in [5, 5.41) is 11.8. The van der Waals surface area contributed by atoms with Crippen LogP contribution in [0.5, 0.6) is 11.5 Å². The van der Waals surface area contributed by atoms with Crippen LogP contribution < -0.4 is 9.47 Å². The SMILES string of the molecule is N#Cc1c(Cl)cc(OCCOc2ccc3ccccc3c2)cc1Cl. The molecule has 24 heavy (non-hydrogen) atoms. The van der Waals surface area contributed by atoms with Crippen LogP contribution >= 0.6 is 23.2 Å². The van der Waals surface area contributed by atoms with E-state index >= 15 is 0 Å². The van der Waals surface area contributed by atoms with Gasteiger partial charge < -0.3 is 9.47 Å². The Morgan fingerprint density at radius 2 is 1.42 bits per heavy atom. The fourth-order valence-electron chi connectivity index (χ4n) is 2.32. The van der Waals surface area contributed by atoms with Crippen molar-refractivity contribution in [3.05, 3.63) is 70.2 Å². The number of fused-ring (bicyclic) bond motifs is 1. The zero-order chi connectivity index (χ0) is 16.9. The Morgan fingerprint density at radius 1 is 0.792 bits per heavy atom. The lowest BCUT2D eigenvalue weighted by atomic mass is 10.1. The van der Waals surface area contributed by atoms with E-state index in [9.17, 15) is 0 Å². The Bertz CT molecular complexity index is 896. The van der Waals surface area contributed by atoms with Gasteiger partial charge in [-0.05, 0) is 22.9 Å². The summed E-state index contributed by atoms with van der Waals surface area (Å²) in [6.45, 7) is 0.721. The summed E-state index contributed by atoms with van der Waals surface area (Å²) in [6.07, 6.45) is 0. The molecule has 0 aromatic heterocycles. The number of nitriles is 1. The second-order valence-electron chi connectivity index (χ2n) is 5.08. The van der Waals surface area contributed by atoms with Gasteiger partial charge in [0, 0.05) is 12.1 Å². The van der Waals surface area contributed by atoms with E-state index in [-0.39, 0.29) is 15.6 Å². The Labute approximate surface area is 149 Å². The van der Waals surface area contributed by atoms with Crippen molar-refractivity contribution in [2.75, 3.05) is 13.2 Å². The number of halogens is 2. The van der Waals surface area contributed by atoms with Gasteiger partial charge in [0.15, 0.2) is 0 Å². The van der Waals surface area contributed by atoms with Gasteiger partial charge in [-0.15, -0.1) is 0 Å². The molecule has 5 heteroatoms. The molecule has 0 aliphatic rings. The summed E-state index contributed by atoms with van der Waals surface area (Å²) < 4.78 is 11.3. The molecule has 0 heterocycles. The molecule has 3 aromatic carbocycles. The van der Waals surface area contributed by atoms with E-state index in [1.54, 1.807) is 12.1 Å². The molecule has 0 radical (unpaired) electrons. The van der Waals surface area contributed by atoms with Gasteiger partial charge in [-0.3, -0.25) is 0 Å². The average Bonchev–Trinajstić information content (AvgIpc) is 2.58. The molecule has 3 aromatic rings. The molecule has 120 valence electrons. The van der Waals surface area contributed by atoms with Crippen LogP contribution in [0, 0.1) is 11.3 Å². The summed E-state index contributed by atoms with van der Waals surface area (Å²) in [5.74, 6) is 1.29. The minimum Gasteiger partial charge on any atom is -0.490 e. The van der Waals surface area contributed by atoms with Crippen LogP contribution in [0.4, 0.5) is 0 Å². The smallest absolute Gasteiger partial charge is 0.122 e. The first-order chi connectivity index (χ1) is 11.7. The largest absolute Gasteiger partial charge is 0.490 e. The third-order valence-electron chi connectivity index (χ3n) is 3.47. The maximum atomic E-state index is 8.93. The molecule has 0 unspecified atom stereocenters. The van der Waals surface area contributed by atoms with E-state index in [0.717, 1.165) is 11.1 Å². The van der Waals surface area contributed by atoms with E-state index in [0.29, 0.717) is 19.0 Å². The molecule has 0 aliphatic heterocycles. The molecule has 0 aliphatic carbocycles. The molecular weight excluding hydrogens is 345 g/mol. The highest BCUT2D eigenvalue weighted by molar-refractivity contribution is 6.36. The highest BCUT2D eigenvalue weighted by atomic mass is 35.5. The van der Waals surface area contributed by atoms with Crippen LogP contribution in [0.3, 0.4) is 0 Å². The first kappa shape index (κ1) is 16.4. The van der Waals surface area contributed by atoms with E-state index in [2.05, 4.69) is 6.07 Å². The van der Waals surface area contributed by atoms with Crippen LogP contribution in [-0.2, 0) is 0 Å². The Morgan fingerprint density at radius 3 is 2.08 bits per heavy atom. The molecule has 0 spiro atoms. The molecule has 3 rings (SSSR count). The van der Waals surface area contributed by atoms with Gasteiger partial charge in [0.2, 0.25) is 0 Å². The Kier molecular flexibility index (Phi) is 5.10. The third-order valence-corrected chi connectivity index (χ3v) is 4.07. The fraction of sp³-hybridized carbons (Fsp3) is 0.105. The van der Waals surface area contributed by atoms with Crippen molar-refractivity contribution in [2.24, 2.45) is 0 Å². The lowest BCUT2D eigenvalue weighted by molar-refractivity contribution is 0.217. The number of benzene rings is 3. The summed E-state index contributed by atoms with van der Waals surface area (Å²) in [5.41, 5.74) is 0.248. The zero-order valence-corrected chi connectivity index (χ0v) is 14.1. The monoisotopic (exact) mass is 357 g/mol. The van der Waals surface area contributed by atoms with Crippen molar-refractivity contribution >= 4 is 34.0 Å². The maximum Gasteiger partial charge on any atom is 0.122 e. The first-order valence-electron chi connectivity index (χ1n) is 7.31. The van der Waals surface area contributed by atoms with Crippen LogP contribution in [0.1, 0.15) is 5.56 Å². The molecule has 0 N–H and O–H groups in total. The lowest BCUT2D eigenvalue weighted by Crippen LogP contribution is -2.09. The molecule has 3 nitrogen and oxygen atoms in total. The minimum absolute atomic E-state index is 0.248. The van der Waals surface area contributed by atoms with Gasteiger partial charge in [-0.2, -0.15) is 5.26 Å². The highest BCUT2D eigenvalue weighted by Gasteiger charge is 2.08. The van der Waals surface area contributed by atoms with Crippen molar-refractivity contribution in [3.63, 3.8) is 0 Å². The zero-order valence-electron chi connectivity index (χ0n) is 12.6. The highest BCUT2D eigenvalue weighted by Crippen LogP contribution is 2.29. The first-order valence-corrected chi connectivity index (χ1v) is 8.06. The van der Waals surface area contributed by atoms with Gasteiger partial charge in [-0.1, -0.05) is 53.5 Å². The van der Waals surface area contributed by atoms with E-state index in [4.69, 9.17) is 37.9 Å². The maximum absolute atomic E-state index is 8.93. The molecule has 0 bridgehead atoms. The van der Waals surface area contributed by atoms with Crippen molar-refractivity contribution in [3.8, 4) is 17.6 Å². The summed E-state index contributed by atoms with van der Waals surface area (Å²) in [4.78, 5) is 0. The predicted molar refractivity (Wildman–Crippen MR) is 96.1 cm³/mol. The van der Waals surface area contributed by atoms with Crippen molar-refractivity contribution in [1.29, 1.82) is 5.26 Å². The Hall–Kier alpha value is -2.41. The molecule has 0 saturated carbocycles. The fourth-order valence-corrected chi connectivity index (χ4v) is 2.87. The second kappa shape index (κ2) is 7.44. The van der Waals surface area contributed by atoms with Crippen LogP contribution in [0.2, 0.25) is 10.0 Å². The molecule has 0 atom stereocenters. The number of nitrogens with zero attached hydrogens (tertiary/aromatic N) is 1. The van der Waals surface area contributed by atoms with Crippen molar-refractivity contribution in [1.82, 2.24) is 0 Å². The van der Waals surface area contributed by atoms with Gasteiger partial charge >= 0.3 is 0 Å². The van der Waals surface area contributed by atoms with Gasteiger partial charge in [0.1, 0.15) is 30.8 Å². The number of hydrogen-bond acceptors (Lipinski definition) is 3. The van der Waals surface area contributed by atoms with E-state index in [1.165, 1.54) is 5.39 Å². The molecule has 0 fully saturated rings. The van der Waals surface area contributed by atoms with E-state index in [1.807, 2.05) is 42.5 Å². The molecule has 0 saturated heterocycles. The normalized spacial score (nSPS) is 10.4. The lowest BCUT2D eigenvalue weighted by Gasteiger charge is -2.10. The van der Waals surface area contributed by atoms with Gasteiger partial charge in [0.05, 0.1) is 15.6 Å². The number of ether oxygens (including phenoxy) is 2. The Balaban J connectivity index is 1.58. The number of hydrogen-bond donors (Lipinski definition) is 0. The average molecular weight is 358 g/mol. The summed E-state index contributed by atoms with van der Waals surface area (Å²) >= 11 is 12.0. The number of rotatable bonds is 5. The van der Waals surface area contributed by atoms with Crippen LogP contribution in [0.15, 0.2) is 54.6 Å². The predicted octanol–water partition coefficient (Wildman–Crippen LogP) is 5.48. The van der Waals surface area contributed by atoms with Crippen LogP contribution in [0.25, 0.3) is 10.8 Å². The van der Waals surface area contributed by atoms with Gasteiger partial charge in [0.25, 0.3) is 0 Å². The standard InChI is InChI=1S/C19H13Cl2NO2/c20-18-10-16(11-19(21)17(18)12-22)24-8-7-23-15-6-5-13-3-1-2-4-14(13)9-15/h1-6,9-11H,7-8H2. The second-order valence-corrected chi connectivity index (χ2v) is 5.89. The summed E-state index contributed by atoms with van der Waals surface area (Å²) in [7, 11) is 0. The molecule has 0 amide bonds. The van der Waals surface area contributed by atoms with Crippen molar-refractivity contribution in [2.45, 2.75) is 0 Å². The third kappa shape index (κ3) is 3.73. The molecular formula is C19H13Cl2NO2. The minimum atomic E-state index is 0.248. The van der Waals surface area contributed by atoms with Crippen molar-refractivity contribution < 1.29 is 9.47 Å². The van der Waals surface area contributed by atoms with Crippen LogP contribution in [-0.4, -0.2) is 13.2 Å². The topological polar surface area (TPSA) is 42.2 Å². The van der Waals surface area contributed by atoms with Gasteiger partial charge in [-0.25, -0.2) is 0 Å². The summed E-state index contributed by atoms with van der Waals surface area (Å²) in [6, 6.07) is 19.1. The quantitative estimate of drug-likeness (QED) is 0.568.